The van der Waals surface area contributed by atoms with Crippen LogP contribution in [0.3, 0.4) is 0 Å². The van der Waals surface area contributed by atoms with E-state index in [0.29, 0.717) is 5.65 Å². The number of aromatic amines is 1. The van der Waals surface area contributed by atoms with E-state index in [1.54, 1.807) is 7.05 Å². The smallest absolute Gasteiger partial charge is 0.290 e. The van der Waals surface area contributed by atoms with Crippen molar-refractivity contribution in [3.63, 3.8) is 0 Å². The molecule has 2 heterocycles. The summed E-state index contributed by atoms with van der Waals surface area (Å²) in [6.07, 6.45) is 0. The van der Waals surface area contributed by atoms with Crippen molar-refractivity contribution in [3.8, 4) is 0 Å². The minimum absolute atomic E-state index is 0.171. The lowest BCUT2D eigenvalue weighted by Gasteiger charge is -1.94. The van der Waals surface area contributed by atoms with Gasteiger partial charge in [0.15, 0.2) is 11.2 Å². The van der Waals surface area contributed by atoms with Crippen molar-refractivity contribution < 1.29 is 0 Å². The van der Waals surface area contributed by atoms with Gasteiger partial charge in [-0.15, -0.1) is 5.10 Å². The molecule has 0 unspecified atom stereocenters. The van der Waals surface area contributed by atoms with Gasteiger partial charge in [0.1, 0.15) is 0 Å². The summed E-state index contributed by atoms with van der Waals surface area (Å²) in [6.45, 7) is 0. The zero-order chi connectivity index (χ0) is 9.59. The van der Waals surface area contributed by atoms with Gasteiger partial charge in [-0.1, -0.05) is 5.21 Å². The van der Waals surface area contributed by atoms with Crippen LogP contribution in [0.1, 0.15) is 0 Å². The summed E-state index contributed by atoms with van der Waals surface area (Å²) in [4.78, 5) is 25.0. The Morgan fingerprint density at radius 3 is 2.69 bits per heavy atom. The van der Waals surface area contributed by atoms with E-state index < -0.39 is 11.2 Å². The molecule has 0 aliphatic heterocycles. The second-order valence-corrected chi connectivity index (χ2v) is 2.70. The fourth-order valence-corrected chi connectivity index (χ4v) is 1.08. The first-order valence-corrected chi connectivity index (χ1v) is 3.60. The summed E-state index contributed by atoms with van der Waals surface area (Å²) in [5.41, 5.74) is -0.396. The van der Waals surface area contributed by atoms with Crippen LogP contribution in [0.4, 0.5) is 0 Å². The minimum atomic E-state index is -0.470. The van der Waals surface area contributed by atoms with Crippen molar-refractivity contribution >= 4 is 11.2 Å². The Bertz CT molecular complexity index is 575. The number of hydrogen-bond donors (Lipinski definition) is 1. The molecule has 0 saturated carbocycles. The van der Waals surface area contributed by atoms with Gasteiger partial charge in [0.2, 0.25) is 0 Å². The van der Waals surface area contributed by atoms with E-state index in [2.05, 4.69) is 15.3 Å². The molecular weight excluding hydrogens is 174 g/mol. The lowest BCUT2D eigenvalue weighted by molar-refractivity contribution is 0.725. The Labute approximate surface area is 71.6 Å². The fraction of sp³-hybridized carbons (Fsp3) is 0.333. The zero-order valence-electron chi connectivity index (χ0n) is 7.11. The van der Waals surface area contributed by atoms with Crippen LogP contribution in [-0.4, -0.2) is 24.5 Å². The van der Waals surface area contributed by atoms with Gasteiger partial charge in [-0.3, -0.25) is 14.3 Å². The van der Waals surface area contributed by atoms with Crippen molar-refractivity contribution in [3.05, 3.63) is 20.8 Å². The molecule has 0 amide bonds. The van der Waals surface area contributed by atoms with Gasteiger partial charge < -0.3 is 0 Å². The molecule has 13 heavy (non-hydrogen) atoms. The summed E-state index contributed by atoms with van der Waals surface area (Å²) in [5, 5.41) is 7.25. The topological polar surface area (TPSA) is 85.6 Å². The molecule has 7 heteroatoms. The Balaban J connectivity index is 3.14. The Kier molecular flexibility index (Phi) is 1.35. The van der Waals surface area contributed by atoms with Crippen LogP contribution in [0.2, 0.25) is 0 Å². The van der Waals surface area contributed by atoms with Gasteiger partial charge in [-0.25, -0.2) is 9.48 Å². The van der Waals surface area contributed by atoms with Crippen molar-refractivity contribution in [2.75, 3.05) is 0 Å². The quantitative estimate of drug-likeness (QED) is 0.528. The molecule has 0 saturated heterocycles. The normalized spacial score (nSPS) is 10.9. The van der Waals surface area contributed by atoms with E-state index in [1.165, 1.54) is 11.7 Å². The Morgan fingerprint density at radius 1 is 1.31 bits per heavy atom. The standard InChI is InChI=1S/C6H7N5O2/c1-10-5(12)3-4(7-6(10)13)11(2)9-8-3/h1-2H3,(H,7,13). The molecule has 2 aromatic heterocycles. The number of hydrogen-bond acceptors (Lipinski definition) is 4. The van der Waals surface area contributed by atoms with Gasteiger partial charge in [-0.2, -0.15) is 0 Å². The monoisotopic (exact) mass is 181 g/mol. The van der Waals surface area contributed by atoms with Crippen molar-refractivity contribution in [1.82, 2.24) is 24.5 Å². The molecule has 0 bridgehead atoms. The summed E-state index contributed by atoms with van der Waals surface area (Å²) < 4.78 is 2.30. The highest BCUT2D eigenvalue weighted by atomic mass is 16.2. The van der Waals surface area contributed by atoms with Crippen LogP contribution >= 0.6 is 0 Å². The molecule has 2 rings (SSSR count). The second kappa shape index (κ2) is 2.28. The fourth-order valence-electron chi connectivity index (χ4n) is 1.08. The van der Waals surface area contributed by atoms with E-state index >= 15 is 0 Å². The highest BCUT2D eigenvalue weighted by molar-refractivity contribution is 5.67. The maximum atomic E-state index is 11.4. The predicted octanol–water partition coefficient (Wildman–Crippen LogP) is -1.64. The SMILES string of the molecule is Cn1c(=O)[nH]c2c(nnn2C)c1=O. The van der Waals surface area contributed by atoms with E-state index in [1.807, 2.05) is 0 Å². The van der Waals surface area contributed by atoms with E-state index in [4.69, 9.17) is 0 Å². The first kappa shape index (κ1) is 7.71. The maximum Gasteiger partial charge on any atom is 0.329 e. The summed E-state index contributed by atoms with van der Waals surface area (Å²) in [5.74, 6) is 0. The van der Waals surface area contributed by atoms with Gasteiger partial charge in [0.25, 0.3) is 5.56 Å². The second-order valence-electron chi connectivity index (χ2n) is 2.70. The molecular formula is C6H7N5O2. The lowest BCUT2D eigenvalue weighted by atomic mass is 10.5. The number of nitrogens with zero attached hydrogens (tertiary/aromatic N) is 4. The Morgan fingerprint density at radius 2 is 2.00 bits per heavy atom. The number of aryl methyl sites for hydroxylation is 1. The maximum absolute atomic E-state index is 11.4. The van der Waals surface area contributed by atoms with Crippen LogP contribution in [0, 0.1) is 0 Å². The largest absolute Gasteiger partial charge is 0.329 e. The molecule has 2 aromatic rings. The van der Waals surface area contributed by atoms with Crippen LogP contribution in [-0.2, 0) is 14.1 Å². The predicted molar refractivity (Wildman–Crippen MR) is 44.4 cm³/mol. The number of nitrogens with one attached hydrogen (secondary N) is 1. The molecule has 0 aliphatic rings. The Hall–Kier alpha value is -1.92. The highest BCUT2D eigenvalue weighted by Gasteiger charge is 2.08. The molecule has 68 valence electrons. The van der Waals surface area contributed by atoms with Crippen LogP contribution in [0.5, 0.6) is 0 Å². The van der Waals surface area contributed by atoms with Crippen LogP contribution in [0.25, 0.3) is 11.2 Å². The molecule has 0 aromatic carbocycles. The molecule has 0 fully saturated rings. The third kappa shape index (κ3) is 0.897. The number of rotatable bonds is 0. The minimum Gasteiger partial charge on any atom is -0.290 e. The number of H-pyrrole nitrogens is 1. The average molecular weight is 181 g/mol. The van der Waals surface area contributed by atoms with E-state index in [-0.39, 0.29) is 5.52 Å². The summed E-state index contributed by atoms with van der Waals surface area (Å²) in [7, 11) is 2.99. The lowest BCUT2D eigenvalue weighted by Crippen LogP contribution is -2.32. The van der Waals surface area contributed by atoms with E-state index in [9.17, 15) is 9.59 Å². The summed E-state index contributed by atoms with van der Waals surface area (Å²) >= 11 is 0. The van der Waals surface area contributed by atoms with Gasteiger partial charge in [0, 0.05) is 14.1 Å². The van der Waals surface area contributed by atoms with Crippen molar-refractivity contribution in [2.45, 2.75) is 0 Å². The average Bonchev–Trinajstić information content (AvgIpc) is 2.45. The molecule has 1 N–H and O–H groups in total. The molecule has 0 aliphatic carbocycles. The van der Waals surface area contributed by atoms with Crippen LogP contribution < -0.4 is 11.2 Å². The van der Waals surface area contributed by atoms with E-state index in [0.717, 1.165) is 4.57 Å². The summed E-state index contributed by atoms with van der Waals surface area (Å²) in [6, 6.07) is 0. The molecule has 0 radical (unpaired) electrons. The first-order valence-electron chi connectivity index (χ1n) is 3.60. The van der Waals surface area contributed by atoms with Gasteiger partial charge >= 0.3 is 5.69 Å². The molecule has 0 atom stereocenters. The third-order valence-electron chi connectivity index (χ3n) is 1.86. The first-order chi connectivity index (χ1) is 6.11. The highest BCUT2D eigenvalue weighted by Crippen LogP contribution is 1.95. The van der Waals surface area contributed by atoms with Crippen LogP contribution in [0.15, 0.2) is 9.59 Å². The molecule has 0 spiro atoms. The molecule has 7 nitrogen and oxygen atoms in total. The number of aromatic nitrogens is 5. The number of fused-ring (bicyclic) bond motifs is 1. The van der Waals surface area contributed by atoms with Crippen molar-refractivity contribution in [1.29, 1.82) is 0 Å². The third-order valence-corrected chi connectivity index (χ3v) is 1.86. The zero-order valence-corrected chi connectivity index (χ0v) is 7.11. The van der Waals surface area contributed by atoms with Gasteiger partial charge in [0.05, 0.1) is 0 Å². The van der Waals surface area contributed by atoms with Crippen molar-refractivity contribution in [2.24, 2.45) is 14.1 Å². The van der Waals surface area contributed by atoms with Gasteiger partial charge in [-0.05, 0) is 0 Å².